The Hall–Kier alpha value is -2.82. The molecule has 0 radical (unpaired) electrons. The SMILES string of the molecule is COC(=O)C1(NP(OCC2OC(n3ccc4c(N(C)NS(C)(=O)=O)nc(N)nc43)[C@@H](C)[C@@H]2O)Oc2ccc(Cl)cc2)CC1. The molecule has 1 aliphatic heterocycles. The number of ether oxygens (including phenoxy) is 2. The lowest BCUT2D eigenvalue weighted by Crippen LogP contribution is -2.39. The number of nitrogens with one attached hydrogen (secondary N) is 2. The van der Waals surface area contributed by atoms with Crippen LogP contribution in [0.25, 0.3) is 11.0 Å². The highest BCUT2D eigenvalue weighted by Crippen LogP contribution is 2.48. The molecule has 3 aromatic rings. The number of aliphatic hydroxyl groups is 1. The molecule has 3 heterocycles. The summed E-state index contributed by atoms with van der Waals surface area (Å²) in [5.74, 6) is -0.173. The fourth-order valence-corrected chi connectivity index (χ4v) is 6.94. The van der Waals surface area contributed by atoms with E-state index in [0.717, 1.165) is 6.26 Å². The maximum Gasteiger partial charge on any atom is 0.326 e. The number of carbonyl (C=O) groups is 1. The lowest BCUT2D eigenvalue weighted by atomic mass is 10.0. The molecule has 1 aromatic carbocycles. The summed E-state index contributed by atoms with van der Waals surface area (Å²) >= 11 is 6.00. The van der Waals surface area contributed by atoms with E-state index in [1.54, 1.807) is 41.1 Å². The van der Waals surface area contributed by atoms with E-state index in [0.29, 0.717) is 34.6 Å². The largest absolute Gasteiger partial charge is 0.468 e. The second-order valence-corrected chi connectivity index (χ2v) is 13.8. The molecule has 43 heavy (non-hydrogen) atoms. The Morgan fingerprint density at radius 3 is 2.63 bits per heavy atom. The van der Waals surface area contributed by atoms with Gasteiger partial charge in [-0.2, -0.15) is 9.97 Å². The molecular formula is C25H33ClN7O8PS. The van der Waals surface area contributed by atoms with Gasteiger partial charge < -0.3 is 33.9 Å². The van der Waals surface area contributed by atoms with Crippen molar-refractivity contribution < 1.29 is 36.8 Å². The maximum absolute atomic E-state index is 12.4. The van der Waals surface area contributed by atoms with Gasteiger partial charge in [0.05, 0.1) is 31.5 Å². The van der Waals surface area contributed by atoms with Crippen LogP contribution in [0.1, 0.15) is 26.0 Å². The first kappa shape index (κ1) is 31.6. The number of sulfonamides is 1. The monoisotopic (exact) mass is 657 g/mol. The number of hydrogen-bond acceptors (Lipinski definition) is 13. The number of esters is 1. The van der Waals surface area contributed by atoms with Crippen LogP contribution in [0.2, 0.25) is 5.02 Å². The number of carbonyl (C=O) groups excluding carboxylic acids is 1. The molecule has 234 valence electrons. The van der Waals surface area contributed by atoms with Crippen LogP contribution >= 0.6 is 20.1 Å². The molecule has 5 N–H and O–H groups in total. The topological polar surface area (TPSA) is 192 Å². The summed E-state index contributed by atoms with van der Waals surface area (Å²) in [6.45, 7) is 1.76. The van der Waals surface area contributed by atoms with Crippen LogP contribution in [-0.2, 0) is 28.8 Å². The van der Waals surface area contributed by atoms with Gasteiger partial charge in [0.2, 0.25) is 16.0 Å². The number of nitrogens with zero attached hydrogens (tertiary/aromatic N) is 4. The molecule has 0 bridgehead atoms. The molecule has 2 fully saturated rings. The van der Waals surface area contributed by atoms with E-state index in [-0.39, 0.29) is 18.4 Å². The summed E-state index contributed by atoms with van der Waals surface area (Å²) in [4.78, 5) is 23.3. The summed E-state index contributed by atoms with van der Waals surface area (Å²) in [6.07, 6.45) is 1.50. The van der Waals surface area contributed by atoms with Crippen LogP contribution in [0.5, 0.6) is 5.75 Å². The Morgan fingerprint density at radius 2 is 2.00 bits per heavy atom. The van der Waals surface area contributed by atoms with Gasteiger partial charge in [-0.25, -0.2) is 13.5 Å². The van der Waals surface area contributed by atoms with E-state index in [2.05, 4.69) is 19.9 Å². The van der Waals surface area contributed by atoms with E-state index in [1.807, 2.05) is 6.92 Å². The van der Waals surface area contributed by atoms with Gasteiger partial charge in [-0.05, 0) is 43.2 Å². The fraction of sp³-hybridized carbons (Fsp3) is 0.480. The number of aliphatic hydroxyl groups excluding tert-OH is 1. The second kappa shape index (κ2) is 12.3. The lowest BCUT2D eigenvalue weighted by Gasteiger charge is -2.25. The van der Waals surface area contributed by atoms with Crippen LogP contribution in [0, 0.1) is 5.92 Å². The van der Waals surface area contributed by atoms with E-state index in [4.69, 9.17) is 35.9 Å². The third kappa shape index (κ3) is 6.97. The zero-order valence-corrected chi connectivity index (χ0v) is 26.3. The molecule has 0 amide bonds. The van der Waals surface area contributed by atoms with Crippen molar-refractivity contribution in [2.75, 3.05) is 37.8 Å². The number of rotatable bonds is 12. The van der Waals surface area contributed by atoms with Crippen molar-refractivity contribution in [3.63, 3.8) is 0 Å². The Morgan fingerprint density at radius 1 is 1.30 bits per heavy atom. The first-order valence-electron chi connectivity index (χ1n) is 13.2. The van der Waals surface area contributed by atoms with Gasteiger partial charge in [0.15, 0.2) is 5.82 Å². The highest BCUT2D eigenvalue weighted by atomic mass is 35.5. The summed E-state index contributed by atoms with van der Waals surface area (Å²) in [7, 11) is -2.63. The highest BCUT2D eigenvalue weighted by molar-refractivity contribution is 7.88. The first-order chi connectivity index (χ1) is 20.3. The van der Waals surface area contributed by atoms with E-state index < -0.39 is 54.4 Å². The molecule has 5 atom stereocenters. The number of aromatic nitrogens is 3. The minimum atomic E-state index is -3.58. The van der Waals surface area contributed by atoms with Gasteiger partial charge in [0.1, 0.15) is 29.3 Å². The summed E-state index contributed by atoms with van der Waals surface area (Å²) in [5.41, 5.74) is 5.46. The van der Waals surface area contributed by atoms with Crippen molar-refractivity contribution in [1.82, 2.24) is 24.5 Å². The van der Waals surface area contributed by atoms with E-state index >= 15 is 0 Å². The number of halogens is 1. The maximum atomic E-state index is 12.4. The molecule has 1 saturated heterocycles. The zero-order valence-electron chi connectivity index (χ0n) is 23.8. The number of nitrogen functional groups attached to an aromatic ring is 1. The molecular weight excluding hydrogens is 625 g/mol. The second-order valence-electron chi connectivity index (χ2n) is 10.5. The van der Waals surface area contributed by atoms with Crippen molar-refractivity contribution in [3.8, 4) is 5.75 Å². The Bertz CT molecular complexity index is 1590. The van der Waals surface area contributed by atoms with Crippen molar-refractivity contribution in [2.24, 2.45) is 5.92 Å². The Labute approximate surface area is 254 Å². The van der Waals surface area contributed by atoms with E-state index in [1.165, 1.54) is 19.2 Å². The van der Waals surface area contributed by atoms with Gasteiger partial charge >= 0.3 is 14.5 Å². The van der Waals surface area contributed by atoms with Crippen LogP contribution < -0.4 is 25.2 Å². The van der Waals surface area contributed by atoms with Crippen LogP contribution in [0.4, 0.5) is 11.8 Å². The summed E-state index contributed by atoms with van der Waals surface area (Å²) in [6, 6.07) is 8.42. The average Bonchev–Trinajstić information content (AvgIpc) is 3.53. The van der Waals surface area contributed by atoms with Crippen molar-refractivity contribution >= 4 is 58.9 Å². The fourth-order valence-electron chi connectivity index (χ4n) is 4.80. The van der Waals surface area contributed by atoms with Crippen LogP contribution in [0.15, 0.2) is 36.5 Å². The summed E-state index contributed by atoms with van der Waals surface area (Å²) < 4.78 is 48.6. The Kier molecular flexibility index (Phi) is 9.03. The minimum absolute atomic E-state index is 0.0614. The molecule has 18 heteroatoms. The Balaban J connectivity index is 1.34. The van der Waals surface area contributed by atoms with Gasteiger partial charge in [0, 0.05) is 24.2 Å². The lowest BCUT2D eigenvalue weighted by molar-refractivity contribution is -0.143. The quantitative estimate of drug-likeness (QED) is 0.126. The molecule has 2 aliphatic rings. The molecule has 1 aliphatic carbocycles. The molecule has 1 saturated carbocycles. The van der Waals surface area contributed by atoms with E-state index in [9.17, 15) is 18.3 Å². The molecule has 15 nitrogen and oxygen atoms in total. The van der Waals surface area contributed by atoms with Gasteiger partial charge in [-0.15, -0.1) is 4.83 Å². The smallest absolute Gasteiger partial charge is 0.326 e. The third-order valence-electron chi connectivity index (χ3n) is 7.14. The zero-order chi connectivity index (χ0) is 31.1. The minimum Gasteiger partial charge on any atom is -0.468 e. The number of benzene rings is 1. The third-order valence-corrected chi connectivity index (χ3v) is 9.37. The van der Waals surface area contributed by atoms with Gasteiger partial charge in [-0.3, -0.25) is 9.80 Å². The van der Waals surface area contributed by atoms with Crippen molar-refractivity contribution in [2.45, 2.75) is 43.7 Å². The number of methoxy groups -OCH3 is 1. The number of hydrazine groups is 1. The van der Waals surface area contributed by atoms with Gasteiger partial charge in [0.25, 0.3) is 0 Å². The predicted molar refractivity (Wildman–Crippen MR) is 159 cm³/mol. The van der Waals surface area contributed by atoms with Crippen LogP contribution in [-0.4, -0.2) is 78.8 Å². The predicted octanol–water partition coefficient (Wildman–Crippen LogP) is 2.08. The summed E-state index contributed by atoms with van der Waals surface area (Å²) in [5, 5.41) is 16.6. The first-order valence-corrected chi connectivity index (χ1v) is 16.7. The van der Waals surface area contributed by atoms with Crippen molar-refractivity contribution in [1.29, 1.82) is 0 Å². The standard InChI is InChI=1S/C25H33ClN7O8PS/c1-14-19(34)18(13-39-42(30-25(10-11-25)23(35)38-3)41-16-7-5-15(26)6-8-16)40-22(14)33-12-9-17-20(28-24(27)29-21(17)33)32(2)31-43(4,36)37/h5-9,12,14,18-19,22,30-31,34H,10-11,13H2,1-4H3,(H2,27,28,29)/t14-,18?,19-,22?,42?/m0/s1. The normalized spacial score (nSPS) is 23.7. The molecule has 0 spiro atoms. The number of nitrogens with two attached hydrogens (primary N) is 1. The number of anilines is 2. The molecule has 2 aromatic heterocycles. The molecule has 5 rings (SSSR count). The van der Waals surface area contributed by atoms with Gasteiger partial charge in [-0.1, -0.05) is 18.5 Å². The number of hydrogen-bond donors (Lipinski definition) is 4. The number of fused-ring (bicyclic) bond motifs is 1. The highest BCUT2D eigenvalue weighted by Gasteiger charge is 2.54. The average molecular weight is 658 g/mol. The van der Waals surface area contributed by atoms with Crippen molar-refractivity contribution in [3.05, 3.63) is 41.6 Å². The molecule has 3 unspecified atom stereocenters. The van der Waals surface area contributed by atoms with Crippen LogP contribution in [0.3, 0.4) is 0 Å².